The van der Waals surface area contributed by atoms with Gasteiger partial charge in [-0.25, -0.2) is 0 Å². The summed E-state index contributed by atoms with van der Waals surface area (Å²) in [6, 6.07) is 0. The van der Waals surface area contributed by atoms with Gasteiger partial charge in [0.2, 0.25) is 51.2 Å². The Hall–Kier alpha value is 4.59. The average molecular weight is 1700 g/mol. The highest BCUT2D eigenvalue weighted by Crippen LogP contribution is 2.66. The van der Waals surface area contributed by atoms with Crippen LogP contribution in [0.15, 0.2) is 0 Å². The molecule has 0 rings (SSSR count). The van der Waals surface area contributed by atoms with Crippen molar-refractivity contribution >= 4 is 149 Å². The number of hydrogen-bond acceptors (Lipinski definition) is 23. The Morgan fingerprint density at radius 1 is 0.280 bits per heavy atom. The van der Waals surface area contributed by atoms with E-state index in [1.165, 1.54) is 22.8 Å². The average Bonchev–Trinajstić information content (AvgIpc) is 0.860. The van der Waals surface area contributed by atoms with Gasteiger partial charge in [-0.15, -0.1) is 0 Å². The second-order valence-corrected chi connectivity index (χ2v) is 55.5. The van der Waals surface area contributed by atoms with Crippen molar-refractivity contribution < 1.29 is 73.2 Å². The molecule has 0 bridgehead atoms. The molecule has 0 amide bonds. The first-order valence-electron chi connectivity index (χ1n) is 36.9. The van der Waals surface area contributed by atoms with E-state index in [0.717, 1.165) is 51.4 Å². The summed E-state index contributed by atoms with van der Waals surface area (Å²) >= 11 is 17.8. The minimum Gasteiger partial charge on any atom is -0.481 e. The predicted molar refractivity (Wildman–Crippen MR) is 459 cm³/mol. The highest BCUT2D eigenvalue weighted by molar-refractivity contribution is 8.68. The second-order valence-electron chi connectivity index (χ2n) is 30.4. The fourth-order valence-electron chi connectivity index (χ4n) is 9.87. The normalized spacial score (nSPS) is 19.5. The van der Waals surface area contributed by atoms with Crippen LogP contribution >= 0.6 is 131 Å². The molecule has 15 atom stereocenters. The molecule has 0 saturated carbocycles. The summed E-state index contributed by atoms with van der Waals surface area (Å²) < 4.78 is 94.6. The van der Waals surface area contributed by atoms with E-state index in [2.05, 4.69) is 194 Å². The van der Waals surface area contributed by atoms with Crippen molar-refractivity contribution in [3.8, 4) is 0 Å². The van der Waals surface area contributed by atoms with E-state index in [0.29, 0.717) is 87.6 Å². The fourth-order valence-corrected chi connectivity index (χ4v) is 37.1. The van der Waals surface area contributed by atoms with Gasteiger partial charge in [-0.2, -0.15) is 0 Å². The lowest BCUT2D eigenvalue weighted by molar-refractivity contribution is -0.136. The van der Waals surface area contributed by atoms with E-state index in [1.807, 2.05) is 13.8 Å². The second kappa shape index (κ2) is 60.2. The van der Waals surface area contributed by atoms with E-state index in [-0.39, 0.29) is 91.9 Å². The lowest BCUT2D eigenvalue weighted by atomic mass is 10.1. The highest BCUT2D eigenvalue weighted by Gasteiger charge is 2.34. The van der Waals surface area contributed by atoms with Crippen molar-refractivity contribution in [2.45, 2.75) is 351 Å². The zero-order chi connectivity index (χ0) is 76.4. The lowest BCUT2D eigenvalue weighted by Gasteiger charge is -2.31. The first-order chi connectivity index (χ1) is 46.5. The zero-order valence-corrected chi connectivity index (χ0v) is 80.3. The largest absolute Gasteiger partial charge is 0.481 e. The minimum absolute atomic E-state index is 0.0380. The summed E-state index contributed by atoms with van der Waals surface area (Å²) in [7, 11) is -8.21. The third-order valence-corrected chi connectivity index (χ3v) is 39.6. The molecule has 0 aliphatic carbocycles. The van der Waals surface area contributed by atoms with Crippen molar-refractivity contribution in [1.82, 2.24) is 0 Å². The molecule has 16 nitrogen and oxygen atoms in total. The van der Waals surface area contributed by atoms with E-state index < -0.39 is 57.1 Å². The van der Waals surface area contributed by atoms with Gasteiger partial charge < -0.3 is 68.4 Å². The molecule has 0 saturated heterocycles. The molecule has 0 fully saturated rings. The third kappa shape index (κ3) is 61.1. The van der Waals surface area contributed by atoms with E-state index in [1.54, 1.807) is 56.9 Å². The molecule has 31 heteroatoms. The van der Waals surface area contributed by atoms with Crippen LogP contribution in [0.25, 0.3) is 0 Å². The van der Waals surface area contributed by atoms with Crippen LogP contribution in [0.5, 0.6) is 0 Å². The third-order valence-electron chi connectivity index (χ3n) is 13.3. The fraction of sp³-hybridized carbons (Fsp3) is 0.986. The SMILES string of the molecule is CC(C)CC(C)OP(OC(C)CC(C)C)SCC(C)OP(OC(C)CSP(OC(C)CC(C)C)OC(C)CC(C)C)SCC(C)OP(OC(C)CSP(=S)(OC(C)CSP(OC(C)CC(C)C)OC(C)CC(C)C)OC(C)CSP(OC(C)CC(C)C)OC(C)CC(C)C)SCCC(=O)O. The standard InChI is InChI=1S/C69H145O16P7S8/c1-47(2)33-55(17)72-87(73-56(18)34-48(3)4)95-42-64(26)81-91(82-65(27)43-96-88(74-57(19)35-49(5)6)75-58(20)36-50(7)8)97-41-63(25)80-86(94-32-31-69(70)71)83-66(28)46-100-92(93,84-67(29)44-98-89(76-59(21)37-51(9)10)77-60(22)38-52(11)12)85-68(30)45-99-90(78-61(23)39-53(13)14)79-62(24)40-54(15)16/h47-68H,31-46H2,1-30H3,(H,70,71). The van der Waals surface area contributed by atoms with Gasteiger partial charge in [0.25, 0.3) is 0 Å². The molecule has 1 N–H and O–H groups in total. The molecule has 0 aliphatic rings. The smallest absolute Gasteiger partial charge is 0.304 e. The Balaban J connectivity index is 7.11. The van der Waals surface area contributed by atoms with Crippen molar-refractivity contribution in [3.63, 3.8) is 0 Å². The molecule has 0 aliphatic heterocycles. The lowest BCUT2D eigenvalue weighted by Crippen LogP contribution is -2.18. The van der Waals surface area contributed by atoms with Gasteiger partial charge in [0.05, 0.1) is 91.9 Å². The number of carboxylic acids is 1. The van der Waals surface area contributed by atoms with Crippen LogP contribution in [0.1, 0.15) is 265 Å². The molecule has 0 radical (unpaired) electrons. The van der Waals surface area contributed by atoms with E-state index in [9.17, 15) is 9.90 Å². The Bertz CT molecular complexity index is 1870. The number of hydrogen-bond donors (Lipinski definition) is 1. The molecule has 0 spiro atoms. The van der Waals surface area contributed by atoms with Crippen LogP contribution in [-0.2, 0) is 79.9 Å². The van der Waals surface area contributed by atoms with E-state index in [4.69, 9.17) is 75.1 Å². The van der Waals surface area contributed by atoms with E-state index >= 15 is 0 Å². The van der Waals surface area contributed by atoms with Gasteiger partial charge in [0.1, 0.15) is 0 Å². The summed E-state index contributed by atoms with van der Waals surface area (Å²) in [5.74, 6) is 6.83. The summed E-state index contributed by atoms with van der Waals surface area (Å²) in [5, 5.41) is 9.81. The highest BCUT2D eigenvalue weighted by atomic mass is 32.9. The summed E-state index contributed by atoms with van der Waals surface area (Å²) in [6.45, 7) is 64.9. The molecule has 0 heterocycles. The van der Waals surface area contributed by atoms with Crippen molar-refractivity contribution in [3.05, 3.63) is 0 Å². The summed E-state index contributed by atoms with van der Waals surface area (Å²) in [6.07, 6.45) is 6.17. The van der Waals surface area contributed by atoms with Crippen LogP contribution in [-0.4, -0.2) is 137 Å². The number of carboxylic acid groups (broad SMARTS) is 1. The maximum Gasteiger partial charge on any atom is 0.304 e. The Morgan fingerprint density at radius 2 is 0.450 bits per heavy atom. The molecule has 15 unspecified atom stereocenters. The topological polar surface area (TPSA) is 167 Å². The van der Waals surface area contributed by atoms with Gasteiger partial charge in [0, 0.05) is 40.3 Å². The van der Waals surface area contributed by atoms with Crippen LogP contribution in [0.3, 0.4) is 0 Å². The maximum absolute atomic E-state index is 12.0. The van der Waals surface area contributed by atoms with Gasteiger partial charge in [-0.3, -0.25) is 4.79 Å². The van der Waals surface area contributed by atoms with Gasteiger partial charge >= 0.3 is 5.97 Å². The number of rotatable bonds is 66. The Morgan fingerprint density at radius 3 is 0.640 bits per heavy atom. The number of carbonyl (C=O) groups is 1. The molecular weight excluding hydrogens is 1560 g/mol. The minimum atomic E-state index is -3.09. The summed E-state index contributed by atoms with van der Waals surface area (Å²) in [5.41, 5.74) is -3.09. The van der Waals surface area contributed by atoms with Crippen LogP contribution < -0.4 is 0 Å². The van der Waals surface area contributed by atoms with Gasteiger partial charge in [-0.05, 0) is 207 Å². The summed E-state index contributed by atoms with van der Waals surface area (Å²) in [4.78, 5) is 12.0. The van der Waals surface area contributed by atoms with Crippen LogP contribution in [0.2, 0.25) is 0 Å². The maximum atomic E-state index is 12.0. The zero-order valence-electron chi connectivity index (χ0n) is 67.5. The molecule has 0 aromatic rings. The van der Waals surface area contributed by atoms with Crippen LogP contribution in [0, 0.1) is 47.3 Å². The first kappa shape index (κ1) is 105. The predicted octanol–water partition coefficient (Wildman–Crippen LogP) is 28.2. The quantitative estimate of drug-likeness (QED) is 0.0571. The molecule has 600 valence electrons. The number of aliphatic carboxylic acids is 1. The Kier molecular flexibility index (Phi) is 62.9. The molecule has 0 aromatic heterocycles. The van der Waals surface area contributed by atoms with Crippen molar-refractivity contribution in [2.75, 3.05) is 40.3 Å². The van der Waals surface area contributed by atoms with Crippen LogP contribution in [0.4, 0.5) is 0 Å². The Labute approximate surface area is 655 Å². The van der Waals surface area contributed by atoms with Crippen molar-refractivity contribution in [1.29, 1.82) is 0 Å². The van der Waals surface area contributed by atoms with Gasteiger partial charge in [-0.1, -0.05) is 190 Å². The monoisotopic (exact) mass is 1700 g/mol. The van der Waals surface area contributed by atoms with Crippen molar-refractivity contribution in [2.24, 2.45) is 47.3 Å². The molecule has 0 aromatic carbocycles. The van der Waals surface area contributed by atoms with Gasteiger partial charge in [0.15, 0.2) is 0 Å². The first-order valence-corrected chi connectivity index (χ1v) is 57.8. The molecule has 100 heavy (non-hydrogen) atoms. The molecular formula is C69H145O16P7S8.